The van der Waals surface area contributed by atoms with Gasteiger partial charge in [0.15, 0.2) is 0 Å². The molecule has 0 N–H and O–H groups in total. The molecule has 2 heteroatoms. The van der Waals surface area contributed by atoms with Crippen molar-refractivity contribution < 1.29 is 0 Å². The molecule has 18 rings (SSSR count). The quantitative estimate of drug-likeness (QED) is 0.114. The van der Waals surface area contributed by atoms with Gasteiger partial charge in [0.1, 0.15) is 0 Å². The van der Waals surface area contributed by atoms with Gasteiger partial charge in [0.2, 0.25) is 0 Å². The van der Waals surface area contributed by atoms with Gasteiger partial charge in [-0.25, -0.2) is 0 Å². The molecule has 16 aromatic carbocycles. The van der Waals surface area contributed by atoms with E-state index in [4.69, 9.17) is 0 Å². The van der Waals surface area contributed by atoms with Gasteiger partial charge in [-0.15, -0.1) is 0 Å². The van der Waals surface area contributed by atoms with Crippen LogP contribution in [0.25, 0.3) is 77.9 Å². The van der Waals surface area contributed by atoms with Crippen LogP contribution in [-0.2, 0) is 10.8 Å². The predicted molar refractivity (Wildman–Crippen MR) is 418 cm³/mol. The SMILES string of the molecule is c1ccc(-c2ccc(N(c3ccc(-c4ccc(N(c5ccc(-c6ccccc6)cc5)c5ccc(C6(c7ccccc7)c7ccccc7-c7ccccc7-c7ccccc76)cc5)cc4)cc3)c3ccc(C4(c5ccccc5)c5ccccc5-c5ccccc5-c5ccccc54)cc3)cc2)cc1. The summed E-state index contributed by atoms with van der Waals surface area (Å²) in [5.74, 6) is 0. The highest BCUT2D eigenvalue weighted by atomic mass is 15.1. The molecule has 0 bridgehead atoms. The molecule has 100 heavy (non-hydrogen) atoms. The van der Waals surface area contributed by atoms with Crippen molar-refractivity contribution in [3.8, 4) is 77.9 Å². The van der Waals surface area contributed by atoms with Crippen LogP contribution >= 0.6 is 0 Å². The Balaban J connectivity index is 0.727. The van der Waals surface area contributed by atoms with E-state index in [1.54, 1.807) is 0 Å². The molecule has 0 atom stereocenters. The molecule has 470 valence electrons. The van der Waals surface area contributed by atoms with Crippen LogP contribution in [0.3, 0.4) is 0 Å². The Kier molecular flexibility index (Phi) is 15.1. The molecule has 0 amide bonds. The summed E-state index contributed by atoms with van der Waals surface area (Å²) >= 11 is 0. The summed E-state index contributed by atoms with van der Waals surface area (Å²) < 4.78 is 0. The zero-order valence-electron chi connectivity index (χ0n) is 55.2. The summed E-state index contributed by atoms with van der Waals surface area (Å²) in [5.41, 5.74) is 31.8. The number of benzene rings is 16. The largest absolute Gasteiger partial charge is 0.311 e. The van der Waals surface area contributed by atoms with Crippen molar-refractivity contribution in [3.63, 3.8) is 0 Å². The maximum absolute atomic E-state index is 2.39. The van der Waals surface area contributed by atoms with Gasteiger partial charge in [0.05, 0.1) is 10.8 Å². The van der Waals surface area contributed by atoms with Gasteiger partial charge in [0.25, 0.3) is 0 Å². The normalized spacial score (nSPS) is 12.8. The van der Waals surface area contributed by atoms with E-state index >= 15 is 0 Å². The van der Waals surface area contributed by atoms with Gasteiger partial charge in [0, 0.05) is 34.1 Å². The highest BCUT2D eigenvalue weighted by Gasteiger charge is 2.45. The van der Waals surface area contributed by atoms with E-state index in [1.807, 2.05) is 0 Å². The Hall–Kier alpha value is -12.9. The molecule has 0 saturated carbocycles. The molecule has 0 spiro atoms. The standard InChI is InChI=1S/C98H68N2/c1-5-25-69(26-6-1)71-45-57-79(58-46-71)99(83-65-53-77(54-66-83)97(75-29-9-3-10-30-75)93-41-21-17-37-89(93)85-33-13-14-34-86(85)90-38-18-22-42-94(90)97)81-61-49-73(50-62-81)74-51-63-82(64-52-74)100(80-59-47-72(48-60-80)70-27-7-2-8-28-70)84-67-55-78(56-68-84)98(76-31-11-4-12-32-76)95-43-23-19-39-91(95)87-35-15-16-36-88(87)92-40-20-24-44-96(92)98/h1-68H. The van der Waals surface area contributed by atoms with Crippen LogP contribution in [0.15, 0.2) is 413 Å². The average Bonchev–Trinajstić information content (AvgIpc) is 1.45. The lowest BCUT2D eigenvalue weighted by Crippen LogP contribution is -2.31. The third-order valence-corrected chi connectivity index (χ3v) is 20.9. The molecule has 0 aromatic heterocycles. The molecule has 0 unspecified atom stereocenters. The zero-order valence-corrected chi connectivity index (χ0v) is 55.2. The van der Waals surface area contributed by atoms with Crippen molar-refractivity contribution in [2.75, 3.05) is 9.80 Å². The summed E-state index contributed by atoms with van der Waals surface area (Å²) in [6.45, 7) is 0. The first-order valence-corrected chi connectivity index (χ1v) is 34.6. The molecule has 0 radical (unpaired) electrons. The van der Waals surface area contributed by atoms with E-state index in [-0.39, 0.29) is 0 Å². The third kappa shape index (κ3) is 10.0. The fraction of sp³-hybridized carbons (Fsp3) is 0.0204. The molecule has 0 fully saturated rings. The molecular formula is C98H68N2. The van der Waals surface area contributed by atoms with Gasteiger partial charge < -0.3 is 9.80 Å². The van der Waals surface area contributed by atoms with Gasteiger partial charge in [-0.2, -0.15) is 0 Å². The maximum Gasteiger partial charge on any atom is 0.0713 e. The first-order chi connectivity index (χ1) is 49.6. The predicted octanol–water partition coefficient (Wildman–Crippen LogP) is 25.7. The van der Waals surface area contributed by atoms with Crippen LogP contribution in [0.2, 0.25) is 0 Å². The van der Waals surface area contributed by atoms with Gasteiger partial charge >= 0.3 is 0 Å². The van der Waals surface area contributed by atoms with Crippen molar-refractivity contribution in [1.82, 2.24) is 0 Å². The van der Waals surface area contributed by atoms with Crippen LogP contribution in [0.4, 0.5) is 34.1 Å². The summed E-state index contributed by atoms with van der Waals surface area (Å²) in [6.07, 6.45) is 0. The Bertz CT molecular complexity index is 5110. The Morgan fingerprint density at radius 3 is 0.540 bits per heavy atom. The van der Waals surface area contributed by atoms with Crippen LogP contribution in [0, 0.1) is 0 Å². The minimum Gasteiger partial charge on any atom is -0.311 e. The van der Waals surface area contributed by atoms with E-state index < -0.39 is 10.8 Å². The smallest absolute Gasteiger partial charge is 0.0713 e. The Morgan fingerprint density at radius 1 is 0.130 bits per heavy atom. The first-order valence-electron chi connectivity index (χ1n) is 34.6. The molecule has 16 aromatic rings. The van der Waals surface area contributed by atoms with Crippen LogP contribution < -0.4 is 9.80 Å². The lowest BCUT2D eigenvalue weighted by Gasteiger charge is -2.38. The molecule has 0 heterocycles. The van der Waals surface area contributed by atoms with Gasteiger partial charge in [-0.1, -0.05) is 340 Å². The Morgan fingerprint density at radius 2 is 0.300 bits per heavy atom. The summed E-state index contributed by atoms with van der Waals surface area (Å²) in [5, 5.41) is 0. The maximum atomic E-state index is 2.39. The van der Waals surface area contributed by atoms with Crippen molar-refractivity contribution in [3.05, 3.63) is 457 Å². The topological polar surface area (TPSA) is 6.48 Å². The van der Waals surface area contributed by atoms with Crippen LogP contribution in [0.1, 0.15) is 44.5 Å². The number of anilines is 6. The van der Waals surface area contributed by atoms with Crippen molar-refractivity contribution in [2.45, 2.75) is 10.8 Å². The van der Waals surface area contributed by atoms with Crippen molar-refractivity contribution in [2.24, 2.45) is 0 Å². The third-order valence-electron chi connectivity index (χ3n) is 20.9. The van der Waals surface area contributed by atoms with E-state index in [9.17, 15) is 0 Å². The lowest BCUT2D eigenvalue weighted by molar-refractivity contribution is 0.751. The number of hydrogen-bond donors (Lipinski definition) is 0. The minimum absolute atomic E-state index is 0.643. The van der Waals surface area contributed by atoms with Crippen LogP contribution in [0.5, 0.6) is 0 Å². The molecule has 2 aliphatic carbocycles. The first kappa shape index (κ1) is 59.6. The summed E-state index contributed by atoms with van der Waals surface area (Å²) in [4.78, 5) is 4.79. The van der Waals surface area contributed by atoms with E-state index in [0.717, 1.165) is 45.3 Å². The molecule has 0 aliphatic heterocycles. The number of fused-ring (bicyclic) bond motifs is 10. The fourth-order valence-electron chi connectivity index (χ4n) is 16.4. The fourth-order valence-corrected chi connectivity index (χ4v) is 16.4. The second-order valence-corrected chi connectivity index (χ2v) is 26.2. The Labute approximate surface area is 586 Å². The molecule has 2 nitrogen and oxygen atoms in total. The van der Waals surface area contributed by atoms with Crippen molar-refractivity contribution in [1.29, 1.82) is 0 Å². The molecular weight excluding hydrogens is 1210 g/mol. The van der Waals surface area contributed by atoms with Gasteiger partial charge in [-0.05, 0) is 195 Å². The van der Waals surface area contributed by atoms with Crippen LogP contribution in [-0.4, -0.2) is 0 Å². The lowest BCUT2D eigenvalue weighted by atomic mass is 9.63. The molecule has 2 aliphatic rings. The summed E-state index contributed by atoms with van der Waals surface area (Å²) in [7, 11) is 0. The number of rotatable bonds is 13. The number of hydrogen-bond acceptors (Lipinski definition) is 2. The van der Waals surface area contributed by atoms with E-state index in [1.165, 1.54) is 111 Å². The monoisotopic (exact) mass is 1270 g/mol. The van der Waals surface area contributed by atoms with Gasteiger partial charge in [-0.3, -0.25) is 0 Å². The zero-order chi connectivity index (χ0) is 66.4. The van der Waals surface area contributed by atoms with E-state index in [0.29, 0.717) is 0 Å². The molecule has 0 saturated heterocycles. The average molecular weight is 1270 g/mol. The van der Waals surface area contributed by atoms with Crippen molar-refractivity contribution >= 4 is 34.1 Å². The second-order valence-electron chi connectivity index (χ2n) is 26.2. The minimum atomic E-state index is -0.643. The number of nitrogens with zero attached hydrogens (tertiary/aromatic N) is 2. The second kappa shape index (κ2) is 25.3. The van der Waals surface area contributed by atoms with E-state index in [2.05, 4.69) is 422 Å². The summed E-state index contributed by atoms with van der Waals surface area (Å²) in [6, 6.07) is 153. The highest BCUT2D eigenvalue weighted by molar-refractivity contribution is 5.95. The highest BCUT2D eigenvalue weighted by Crippen LogP contribution is 2.58.